The third-order valence-corrected chi connectivity index (χ3v) is 1.78. The topological polar surface area (TPSA) is 42.0 Å². The van der Waals surface area contributed by atoms with Crippen LogP contribution in [0.5, 0.6) is 0 Å². The van der Waals surface area contributed by atoms with E-state index in [1.54, 1.807) is 31.3 Å². The van der Waals surface area contributed by atoms with Crippen molar-refractivity contribution in [1.82, 2.24) is 4.98 Å². The molecule has 0 saturated carbocycles. The van der Waals surface area contributed by atoms with Crippen LogP contribution in [0.4, 0.5) is 5.69 Å². The fraction of sp³-hybridized carbons (Fsp3) is 0.111. The zero-order valence-electron chi connectivity index (χ0n) is 7.12. The van der Waals surface area contributed by atoms with Crippen molar-refractivity contribution in [3.63, 3.8) is 0 Å². The van der Waals surface area contributed by atoms with Crippen molar-refractivity contribution < 1.29 is 4.79 Å². The van der Waals surface area contributed by atoms with E-state index >= 15 is 0 Å². The van der Waals surface area contributed by atoms with E-state index in [2.05, 4.69) is 26.2 Å². The van der Waals surface area contributed by atoms with Gasteiger partial charge in [-0.25, -0.2) is 4.98 Å². The lowest BCUT2D eigenvalue weighted by Gasteiger charge is -2.00. The number of carbonyl (C=O) groups excluding carboxylic acids is 1. The highest BCUT2D eigenvalue weighted by molar-refractivity contribution is 9.10. The minimum absolute atomic E-state index is 0.147. The molecule has 0 aliphatic heterocycles. The van der Waals surface area contributed by atoms with Crippen molar-refractivity contribution in [2.45, 2.75) is 6.92 Å². The van der Waals surface area contributed by atoms with Gasteiger partial charge in [0.05, 0.1) is 11.9 Å². The fourth-order valence-corrected chi connectivity index (χ4v) is 1.02. The van der Waals surface area contributed by atoms with Gasteiger partial charge >= 0.3 is 0 Å². The Bertz CT molecular complexity index is 319. The summed E-state index contributed by atoms with van der Waals surface area (Å²) in [5.74, 6) is -0.147. The van der Waals surface area contributed by atoms with E-state index in [0.29, 0.717) is 5.69 Å². The van der Waals surface area contributed by atoms with Crippen LogP contribution >= 0.6 is 15.9 Å². The molecule has 0 aliphatic carbocycles. The number of hydrogen-bond donors (Lipinski definition) is 1. The molecular weight excluding hydrogens is 232 g/mol. The molecule has 1 rings (SSSR count). The van der Waals surface area contributed by atoms with Gasteiger partial charge in [-0.3, -0.25) is 4.79 Å². The molecule has 1 aromatic rings. The molecule has 1 amide bonds. The number of nitrogens with zero attached hydrogens (tertiary/aromatic N) is 1. The highest BCUT2D eigenvalue weighted by atomic mass is 79.9. The van der Waals surface area contributed by atoms with Crippen molar-refractivity contribution >= 4 is 27.5 Å². The molecule has 0 aliphatic rings. The van der Waals surface area contributed by atoms with Crippen LogP contribution in [0, 0.1) is 0 Å². The molecule has 0 bridgehead atoms. The zero-order valence-corrected chi connectivity index (χ0v) is 8.71. The van der Waals surface area contributed by atoms with E-state index in [1.165, 1.54) is 6.08 Å². The van der Waals surface area contributed by atoms with Gasteiger partial charge in [-0.2, -0.15) is 0 Å². The third-order valence-electron chi connectivity index (χ3n) is 1.31. The first-order chi connectivity index (χ1) is 6.22. The molecule has 4 heteroatoms. The zero-order chi connectivity index (χ0) is 9.68. The summed E-state index contributed by atoms with van der Waals surface area (Å²) in [6.07, 6.45) is 4.73. The van der Waals surface area contributed by atoms with Crippen LogP contribution in [0.25, 0.3) is 0 Å². The summed E-state index contributed by atoms with van der Waals surface area (Å²) in [5.41, 5.74) is 0.686. The number of halogens is 1. The number of allylic oxidation sites excluding steroid dienone is 1. The quantitative estimate of drug-likeness (QED) is 0.637. The summed E-state index contributed by atoms with van der Waals surface area (Å²) < 4.78 is 0.747. The standard InChI is InChI=1S/C9H9BrN2O/c1-2-3-9(13)12-7-4-5-8(10)11-6-7/h2-6H,1H3,(H,12,13). The van der Waals surface area contributed by atoms with E-state index in [1.807, 2.05) is 0 Å². The number of aromatic nitrogens is 1. The van der Waals surface area contributed by atoms with Crippen LogP contribution < -0.4 is 5.32 Å². The van der Waals surface area contributed by atoms with Crippen LogP contribution in [-0.4, -0.2) is 10.9 Å². The smallest absolute Gasteiger partial charge is 0.248 e. The van der Waals surface area contributed by atoms with Crippen molar-refractivity contribution in [2.24, 2.45) is 0 Å². The van der Waals surface area contributed by atoms with Crippen LogP contribution in [0.2, 0.25) is 0 Å². The van der Waals surface area contributed by atoms with Crippen molar-refractivity contribution in [3.05, 3.63) is 35.1 Å². The summed E-state index contributed by atoms with van der Waals surface area (Å²) >= 11 is 3.20. The summed E-state index contributed by atoms with van der Waals surface area (Å²) in [4.78, 5) is 15.0. The number of anilines is 1. The number of pyridine rings is 1. The van der Waals surface area contributed by atoms with E-state index in [4.69, 9.17) is 0 Å². The Morgan fingerprint density at radius 3 is 2.92 bits per heavy atom. The average Bonchev–Trinajstić information content (AvgIpc) is 2.09. The molecular formula is C9H9BrN2O. The number of nitrogens with one attached hydrogen (secondary N) is 1. The fourth-order valence-electron chi connectivity index (χ4n) is 0.785. The lowest BCUT2D eigenvalue weighted by Crippen LogP contribution is -2.07. The van der Waals surface area contributed by atoms with Gasteiger partial charge in [-0.05, 0) is 41.1 Å². The number of hydrogen-bond acceptors (Lipinski definition) is 2. The largest absolute Gasteiger partial charge is 0.321 e. The molecule has 0 atom stereocenters. The van der Waals surface area contributed by atoms with Crippen molar-refractivity contribution in [3.8, 4) is 0 Å². The molecule has 3 nitrogen and oxygen atoms in total. The lowest BCUT2D eigenvalue weighted by molar-refractivity contribution is -0.111. The second kappa shape index (κ2) is 4.77. The second-order valence-electron chi connectivity index (χ2n) is 2.36. The molecule has 0 aromatic carbocycles. The number of amides is 1. The molecule has 1 heterocycles. The Morgan fingerprint density at radius 2 is 2.38 bits per heavy atom. The number of rotatable bonds is 2. The molecule has 0 saturated heterocycles. The SMILES string of the molecule is CC=CC(=O)Nc1ccc(Br)nc1. The summed E-state index contributed by atoms with van der Waals surface area (Å²) in [7, 11) is 0. The monoisotopic (exact) mass is 240 g/mol. The summed E-state index contributed by atoms with van der Waals surface area (Å²) in [6.45, 7) is 1.79. The van der Waals surface area contributed by atoms with Crippen molar-refractivity contribution in [2.75, 3.05) is 5.32 Å². The highest BCUT2D eigenvalue weighted by Gasteiger charge is 1.96. The van der Waals surface area contributed by atoms with Gasteiger partial charge < -0.3 is 5.32 Å². The minimum Gasteiger partial charge on any atom is -0.321 e. The summed E-state index contributed by atoms with van der Waals surface area (Å²) in [6, 6.07) is 3.55. The van der Waals surface area contributed by atoms with E-state index < -0.39 is 0 Å². The molecule has 0 fully saturated rings. The predicted molar refractivity (Wildman–Crippen MR) is 55.4 cm³/mol. The van der Waals surface area contributed by atoms with Gasteiger partial charge in [0.2, 0.25) is 5.91 Å². The Labute approximate surface area is 85.0 Å². The normalized spacial score (nSPS) is 10.3. The molecule has 1 aromatic heterocycles. The number of carbonyl (C=O) groups is 1. The second-order valence-corrected chi connectivity index (χ2v) is 3.17. The first-order valence-electron chi connectivity index (χ1n) is 3.77. The first kappa shape index (κ1) is 9.92. The maximum atomic E-state index is 11.1. The summed E-state index contributed by atoms with van der Waals surface area (Å²) in [5, 5.41) is 2.66. The molecule has 0 unspecified atom stereocenters. The van der Waals surface area contributed by atoms with Crippen LogP contribution in [0.1, 0.15) is 6.92 Å². The molecule has 0 spiro atoms. The van der Waals surface area contributed by atoms with Gasteiger partial charge in [-0.1, -0.05) is 6.08 Å². The van der Waals surface area contributed by atoms with Crippen LogP contribution in [0.15, 0.2) is 35.1 Å². The Morgan fingerprint density at radius 1 is 1.62 bits per heavy atom. The van der Waals surface area contributed by atoms with Gasteiger partial charge in [0.25, 0.3) is 0 Å². The minimum atomic E-state index is -0.147. The Hall–Kier alpha value is -1.16. The van der Waals surface area contributed by atoms with Crippen LogP contribution in [0.3, 0.4) is 0 Å². The predicted octanol–water partition coefficient (Wildman–Crippen LogP) is 2.36. The lowest BCUT2D eigenvalue weighted by atomic mass is 10.4. The molecule has 13 heavy (non-hydrogen) atoms. The third kappa shape index (κ3) is 3.38. The molecule has 68 valence electrons. The first-order valence-corrected chi connectivity index (χ1v) is 4.57. The van der Waals surface area contributed by atoms with Gasteiger partial charge in [0.1, 0.15) is 4.60 Å². The van der Waals surface area contributed by atoms with E-state index in [0.717, 1.165) is 4.60 Å². The van der Waals surface area contributed by atoms with Gasteiger partial charge in [-0.15, -0.1) is 0 Å². The Balaban J connectivity index is 2.64. The maximum Gasteiger partial charge on any atom is 0.248 e. The van der Waals surface area contributed by atoms with E-state index in [9.17, 15) is 4.79 Å². The Kier molecular flexibility index (Phi) is 3.64. The van der Waals surface area contributed by atoms with Crippen LogP contribution in [-0.2, 0) is 4.79 Å². The van der Waals surface area contributed by atoms with Gasteiger partial charge in [0, 0.05) is 0 Å². The molecule has 1 N–H and O–H groups in total. The highest BCUT2D eigenvalue weighted by Crippen LogP contribution is 2.09. The molecule has 0 radical (unpaired) electrons. The maximum absolute atomic E-state index is 11.1. The van der Waals surface area contributed by atoms with Gasteiger partial charge in [0.15, 0.2) is 0 Å². The average molecular weight is 241 g/mol. The van der Waals surface area contributed by atoms with Crippen molar-refractivity contribution in [1.29, 1.82) is 0 Å². The van der Waals surface area contributed by atoms with E-state index in [-0.39, 0.29) is 5.91 Å².